The van der Waals surface area contributed by atoms with Crippen LogP contribution in [0.1, 0.15) is 6.42 Å². The van der Waals surface area contributed by atoms with Crippen molar-refractivity contribution >= 4 is 26.4 Å². The second-order valence-electron chi connectivity index (χ2n) is 1.91. The first-order valence-corrected chi connectivity index (χ1v) is 4.09. The minimum absolute atomic E-state index is 0.263. The number of azo groups is 1. The summed E-state index contributed by atoms with van der Waals surface area (Å²) < 4.78 is 0. The summed E-state index contributed by atoms with van der Waals surface area (Å²) in [5.74, 6) is -0.263. The van der Waals surface area contributed by atoms with E-state index in [0.717, 1.165) is 6.42 Å². The molecule has 0 aromatic carbocycles. The molecule has 0 spiro atoms. The second kappa shape index (κ2) is 4.11. The standard InChI is InChI=1S/C7H6N2OSe/c10-7-6(5-8-9-7)3-1-2-4-11/h1,3-5H,2H2. The summed E-state index contributed by atoms with van der Waals surface area (Å²) >= 11 is 2.75. The molecule has 0 unspecified atom stereocenters. The van der Waals surface area contributed by atoms with E-state index in [1.807, 2.05) is 11.0 Å². The molecule has 0 atom stereocenters. The zero-order valence-corrected chi connectivity index (χ0v) is 7.44. The van der Waals surface area contributed by atoms with Gasteiger partial charge in [-0.1, -0.05) is 0 Å². The molecule has 0 aromatic rings. The van der Waals surface area contributed by atoms with E-state index in [1.54, 1.807) is 6.08 Å². The van der Waals surface area contributed by atoms with Gasteiger partial charge in [0.25, 0.3) is 0 Å². The molecule has 0 bridgehead atoms. The Morgan fingerprint density at radius 2 is 2.45 bits per heavy atom. The number of hydrogen-bond acceptors (Lipinski definition) is 2. The van der Waals surface area contributed by atoms with Crippen molar-refractivity contribution in [2.24, 2.45) is 10.2 Å². The van der Waals surface area contributed by atoms with Gasteiger partial charge in [0.05, 0.1) is 0 Å². The van der Waals surface area contributed by atoms with E-state index in [0.29, 0.717) is 5.57 Å². The van der Waals surface area contributed by atoms with Crippen LogP contribution in [0.25, 0.3) is 0 Å². The van der Waals surface area contributed by atoms with Gasteiger partial charge >= 0.3 is 71.8 Å². The van der Waals surface area contributed by atoms with Crippen LogP contribution in [0.3, 0.4) is 0 Å². The van der Waals surface area contributed by atoms with Gasteiger partial charge in [-0.2, -0.15) is 0 Å². The van der Waals surface area contributed by atoms with E-state index in [4.69, 9.17) is 0 Å². The minimum atomic E-state index is -0.263. The average molecular weight is 213 g/mol. The topological polar surface area (TPSA) is 41.8 Å². The number of carbonyl (C=O) groups excluding carboxylic acids is 1. The van der Waals surface area contributed by atoms with Gasteiger partial charge in [0, 0.05) is 0 Å². The van der Waals surface area contributed by atoms with Crippen LogP contribution < -0.4 is 0 Å². The van der Waals surface area contributed by atoms with Gasteiger partial charge in [0.15, 0.2) is 0 Å². The molecule has 56 valence electrons. The van der Waals surface area contributed by atoms with Crippen LogP contribution in [0.5, 0.6) is 0 Å². The van der Waals surface area contributed by atoms with Crippen LogP contribution in [0.4, 0.5) is 0 Å². The summed E-state index contributed by atoms with van der Waals surface area (Å²) in [7, 11) is 0. The Bertz CT molecular complexity index is 266. The van der Waals surface area contributed by atoms with Crippen LogP contribution in [-0.2, 0) is 4.79 Å². The summed E-state index contributed by atoms with van der Waals surface area (Å²) in [5.41, 5.74) is 0.548. The molecule has 1 aliphatic heterocycles. The summed E-state index contributed by atoms with van der Waals surface area (Å²) in [6.45, 7) is 0. The molecule has 1 aliphatic rings. The number of hydrogen-bond donors (Lipinski definition) is 0. The molecule has 0 saturated heterocycles. The predicted molar refractivity (Wildman–Crippen MR) is 43.5 cm³/mol. The van der Waals surface area contributed by atoms with Gasteiger partial charge in [0.2, 0.25) is 0 Å². The quantitative estimate of drug-likeness (QED) is 0.638. The van der Waals surface area contributed by atoms with E-state index < -0.39 is 0 Å². The van der Waals surface area contributed by atoms with E-state index in [-0.39, 0.29) is 5.91 Å². The normalized spacial score (nSPS) is 16.0. The first-order valence-electron chi connectivity index (χ1n) is 3.10. The Hall–Kier alpha value is -0.861. The van der Waals surface area contributed by atoms with Crippen molar-refractivity contribution in [3.05, 3.63) is 23.9 Å². The fraction of sp³-hybridized carbons (Fsp3) is 0.143. The third-order valence-electron chi connectivity index (χ3n) is 1.12. The molecule has 1 rings (SSSR count). The molecule has 1 heterocycles. The molecule has 0 radical (unpaired) electrons. The van der Waals surface area contributed by atoms with Crippen molar-refractivity contribution in [3.63, 3.8) is 0 Å². The van der Waals surface area contributed by atoms with Crippen LogP contribution in [0.2, 0.25) is 0 Å². The fourth-order valence-corrected chi connectivity index (χ4v) is 0.854. The van der Waals surface area contributed by atoms with Crippen LogP contribution in [-0.4, -0.2) is 26.4 Å². The first-order chi connectivity index (χ1) is 5.34. The van der Waals surface area contributed by atoms with E-state index in [1.165, 1.54) is 6.20 Å². The van der Waals surface area contributed by atoms with Gasteiger partial charge in [-0.3, -0.25) is 0 Å². The number of nitrogens with zero attached hydrogens (tertiary/aromatic N) is 2. The Labute approximate surface area is 72.3 Å². The molecular weight excluding hydrogens is 207 g/mol. The molecule has 0 N–H and O–H groups in total. The molecule has 0 saturated carbocycles. The molecule has 0 aliphatic carbocycles. The molecular formula is C7H6N2OSe. The monoisotopic (exact) mass is 214 g/mol. The van der Waals surface area contributed by atoms with Crippen molar-refractivity contribution in [2.45, 2.75) is 6.42 Å². The van der Waals surface area contributed by atoms with E-state index >= 15 is 0 Å². The molecule has 4 heteroatoms. The third kappa shape index (κ3) is 2.33. The first kappa shape index (κ1) is 8.24. The average Bonchev–Trinajstić information content (AvgIpc) is 2.37. The molecule has 3 nitrogen and oxygen atoms in total. The number of allylic oxidation sites excluding steroid dienone is 1. The predicted octanol–water partition coefficient (Wildman–Crippen LogP) is 0.780. The van der Waals surface area contributed by atoms with Crippen molar-refractivity contribution < 1.29 is 4.79 Å². The third-order valence-corrected chi connectivity index (χ3v) is 1.53. The maximum atomic E-state index is 10.8. The summed E-state index contributed by atoms with van der Waals surface area (Å²) in [4.78, 5) is 12.7. The van der Waals surface area contributed by atoms with Gasteiger partial charge in [-0.25, -0.2) is 0 Å². The Balaban J connectivity index is 2.51. The maximum absolute atomic E-state index is 10.8. The molecule has 1 amide bonds. The number of amides is 1. The molecule has 0 aromatic heterocycles. The van der Waals surface area contributed by atoms with Gasteiger partial charge in [-0.15, -0.1) is 0 Å². The summed E-state index contributed by atoms with van der Waals surface area (Å²) in [5, 5.41) is 6.79. The zero-order valence-electron chi connectivity index (χ0n) is 5.73. The van der Waals surface area contributed by atoms with E-state index in [9.17, 15) is 4.79 Å². The van der Waals surface area contributed by atoms with Crippen molar-refractivity contribution in [3.8, 4) is 0 Å². The van der Waals surface area contributed by atoms with Crippen molar-refractivity contribution in [2.75, 3.05) is 0 Å². The van der Waals surface area contributed by atoms with Gasteiger partial charge in [0.1, 0.15) is 0 Å². The number of carbonyl (C=O) groups is 1. The second-order valence-corrected chi connectivity index (χ2v) is 2.61. The Morgan fingerprint density at radius 3 is 3.00 bits per heavy atom. The van der Waals surface area contributed by atoms with E-state index in [2.05, 4.69) is 25.8 Å². The van der Waals surface area contributed by atoms with Crippen LogP contribution in [0.15, 0.2) is 34.2 Å². The van der Waals surface area contributed by atoms with Gasteiger partial charge < -0.3 is 0 Å². The summed E-state index contributed by atoms with van der Waals surface area (Å²) in [6, 6.07) is 0. The van der Waals surface area contributed by atoms with Crippen LogP contribution in [0, 0.1) is 0 Å². The van der Waals surface area contributed by atoms with Crippen molar-refractivity contribution in [1.82, 2.24) is 0 Å². The Kier molecular flexibility index (Phi) is 3.08. The molecule has 11 heavy (non-hydrogen) atoms. The van der Waals surface area contributed by atoms with Crippen LogP contribution >= 0.6 is 0 Å². The fourth-order valence-electron chi connectivity index (χ4n) is 0.621. The summed E-state index contributed by atoms with van der Waals surface area (Å²) in [6.07, 6.45) is 5.86. The SMILES string of the molecule is O=C1N=NC=C1C=CCC=[Se]. The van der Waals surface area contributed by atoms with Crippen molar-refractivity contribution in [1.29, 1.82) is 0 Å². The van der Waals surface area contributed by atoms with Gasteiger partial charge in [-0.05, 0) is 0 Å². The Morgan fingerprint density at radius 1 is 1.64 bits per heavy atom. The number of rotatable bonds is 3. The molecule has 0 fully saturated rings. The zero-order chi connectivity index (χ0) is 8.10.